The van der Waals surface area contributed by atoms with Crippen LogP contribution in [-0.4, -0.2) is 83.8 Å². The minimum Gasteiger partial charge on any atom is -0.497 e. The van der Waals surface area contributed by atoms with Crippen LogP contribution in [0.5, 0.6) is 28.7 Å². The third-order valence-corrected chi connectivity index (χ3v) is 10.6. The van der Waals surface area contributed by atoms with Crippen LogP contribution in [0.15, 0.2) is 154 Å². The topological polar surface area (TPSA) is 215 Å². The molecule has 0 aliphatic heterocycles. The van der Waals surface area contributed by atoms with Gasteiger partial charge in [0.25, 0.3) is 5.69 Å². The summed E-state index contributed by atoms with van der Waals surface area (Å²) in [5, 5.41) is 37.6. The normalized spacial score (nSPS) is 11.3. The van der Waals surface area contributed by atoms with Gasteiger partial charge in [0.1, 0.15) is 58.0 Å². The van der Waals surface area contributed by atoms with Crippen molar-refractivity contribution in [3.8, 4) is 28.7 Å². The Labute approximate surface area is 392 Å². The van der Waals surface area contributed by atoms with Crippen molar-refractivity contribution < 1.29 is 52.8 Å². The standard InChI is InChI=1S/C50H50N6O12/c1-62-40-20-11-35(12-21-40)50(34-9-7-6-8-10-34,36-13-22-41(63-2)23-14-36)68-30-28-55(27-29-67-49(59)26-25-48(57)58)39-19-24-42(45(31-39)64-3)52-54-44-33-46(65-4)43(32-47(44)66-5)53-51-37-15-17-38(18-16-37)56(60)61/h6-24,31-33H,25-30H2,1-5H3,(H,57,58). The Kier molecular flexibility index (Phi) is 17.1. The number of esters is 1. The van der Waals surface area contributed by atoms with Gasteiger partial charge in [0.2, 0.25) is 0 Å². The van der Waals surface area contributed by atoms with E-state index in [4.69, 9.17) is 38.3 Å². The second-order valence-corrected chi connectivity index (χ2v) is 14.7. The third kappa shape index (κ3) is 12.3. The monoisotopic (exact) mass is 926 g/mol. The molecule has 6 rings (SSSR count). The van der Waals surface area contributed by atoms with E-state index < -0.39 is 22.5 Å². The Morgan fingerprint density at radius 3 is 1.63 bits per heavy atom. The molecule has 0 saturated heterocycles. The number of carboxylic acid groups (broad SMARTS) is 1. The van der Waals surface area contributed by atoms with Crippen molar-refractivity contribution in [3.63, 3.8) is 0 Å². The zero-order valence-corrected chi connectivity index (χ0v) is 38.1. The van der Waals surface area contributed by atoms with Gasteiger partial charge in [0, 0.05) is 42.6 Å². The number of nitrogens with zero attached hydrogens (tertiary/aromatic N) is 6. The molecule has 6 aromatic carbocycles. The Hall–Kier alpha value is -8.38. The molecule has 18 heteroatoms. The number of methoxy groups -OCH3 is 5. The highest BCUT2D eigenvalue weighted by molar-refractivity contribution is 5.76. The van der Waals surface area contributed by atoms with E-state index in [0.717, 1.165) is 16.7 Å². The van der Waals surface area contributed by atoms with Crippen LogP contribution in [0.3, 0.4) is 0 Å². The zero-order chi connectivity index (χ0) is 48.5. The molecule has 0 amide bonds. The predicted octanol–water partition coefficient (Wildman–Crippen LogP) is 10.7. The van der Waals surface area contributed by atoms with Crippen molar-refractivity contribution in [2.24, 2.45) is 20.5 Å². The number of rotatable bonds is 24. The van der Waals surface area contributed by atoms with E-state index in [1.165, 1.54) is 45.6 Å². The van der Waals surface area contributed by atoms with E-state index in [0.29, 0.717) is 63.7 Å². The summed E-state index contributed by atoms with van der Waals surface area (Å²) >= 11 is 0. The number of azo groups is 2. The number of carboxylic acids is 1. The quantitative estimate of drug-likeness (QED) is 0.0197. The molecular formula is C50H50N6O12. The first-order valence-electron chi connectivity index (χ1n) is 21.1. The average molecular weight is 927 g/mol. The van der Waals surface area contributed by atoms with E-state index in [2.05, 4.69) is 20.5 Å². The summed E-state index contributed by atoms with van der Waals surface area (Å²) in [7, 11) is 7.65. The third-order valence-electron chi connectivity index (χ3n) is 10.6. The number of benzene rings is 6. The van der Waals surface area contributed by atoms with Crippen molar-refractivity contribution in [2.75, 3.05) is 66.8 Å². The van der Waals surface area contributed by atoms with Gasteiger partial charge in [-0.3, -0.25) is 19.7 Å². The lowest BCUT2D eigenvalue weighted by atomic mass is 9.80. The molecule has 0 aliphatic carbocycles. The van der Waals surface area contributed by atoms with Crippen LogP contribution >= 0.6 is 0 Å². The molecule has 0 atom stereocenters. The van der Waals surface area contributed by atoms with Crippen molar-refractivity contribution in [1.82, 2.24) is 0 Å². The van der Waals surface area contributed by atoms with Gasteiger partial charge in [-0.2, -0.15) is 5.11 Å². The van der Waals surface area contributed by atoms with E-state index in [9.17, 15) is 19.7 Å². The number of hydrogen-bond donors (Lipinski definition) is 1. The molecule has 68 heavy (non-hydrogen) atoms. The van der Waals surface area contributed by atoms with Gasteiger partial charge < -0.3 is 43.2 Å². The van der Waals surface area contributed by atoms with Gasteiger partial charge in [-0.15, -0.1) is 15.3 Å². The zero-order valence-electron chi connectivity index (χ0n) is 38.1. The van der Waals surface area contributed by atoms with Crippen molar-refractivity contribution in [2.45, 2.75) is 18.4 Å². The van der Waals surface area contributed by atoms with Gasteiger partial charge in [-0.1, -0.05) is 54.6 Å². The van der Waals surface area contributed by atoms with E-state index in [-0.39, 0.29) is 38.3 Å². The van der Waals surface area contributed by atoms with Gasteiger partial charge in [-0.25, -0.2) is 0 Å². The molecule has 0 heterocycles. The fraction of sp³-hybridized carbons (Fsp3) is 0.240. The van der Waals surface area contributed by atoms with Gasteiger partial charge in [-0.05, 0) is 65.2 Å². The number of aliphatic carboxylic acids is 1. The fourth-order valence-electron chi connectivity index (χ4n) is 7.13. The van der Waals surface area contributed by atoms with Crippen molar-refractivity contribution in [1.29, 1.82) is 0 Å². The highest BCUT2D eigenvalue weighted by Crippen LogP contribution is 2.44. The fourth-order valence-corrected chi connectivity index (χ4v) is 7.13. The Bertz CT molecular complexity index is 2650. The molecule has 6 aromatic rings. The predicted molar refractivity (Wildman–Crippen MR) is 252 cm³/mol. The minimum atomic E-state index is -1.10. The summed E-state index contributed by atoms with van der Waals surface area (Å²) in [4.78, 5) is 36.1. The molecule has 0 saturated carbocycles. The number of nitro benzene ring substituents is 1. The number of nitro groups is 1. The number of carbonyl (C=O) groups excluding carboxylic acids is 1. The number of ether oxygens (including phenoxy) is 7. The van der Waals surface area contributed by atoms with Gasteiger partial charge in [0.05, 0.1) is 72.2 Å². The van der Waals surface area contributed by atoms with E-state index in [1.54, 1.807) is 38.5 Å². The number of hydrogen-bond acceptors (Lipinski definition) is 16. The Morgan fingerprint density at radius 2 is 1.10 bits per heavy atom. The number of non-ortho nitro benzene ring substituents is 1. The molecule has 0 radical (unpaired) electrons. The summed E-state index contributed by atoms with van der Waals surface area (Å²) in [6, 6.07) is 39.4. The maximum absolute atomic E-state index is 12.5. The van der Waals surface area contributed by atoms with Crippen LogP contribution in [0.1, 0.15) is 29.5 Å². The van der Waals surface area contributed by atoms with Crippen molar-refractivity contribution >= 4 is 46.1 Å². The Morgan fingerprint density at radius 1 is 0.588 bits per heavy atom. The molecule has 352 valence electrons. The molecule has 18 nitrogen and oxygen atoms in total. The van der Waals surface area contributed by atoms with Crippen LogP contribution in [-0.2, 0) is 24.7 Å². The van der Waals surface area contributed by atoms with Crippen LogP contribution in [0.25, 0.3) is 0 Å². The second-order valence-electron chi connectivity index (χ2n) is 14.7. The second kappa shape index (κ2) is 23.7. The number of anilines is 1. The minimum absolute atomic E-state index is 0.0475. The molecule has 0 aliphatic rings. The molecule has 0 spiro atoms. The van der Waals surface area contributed by atoms with Crippen molar-refractivity contribution in [3.05, 3.63) is 160 Å². The molecule has 1 N–H and O–H groups in total. The molecule has 0 unspecified atom stereocenters. The first-order valence-corrected chi connectivity index (χ1v) is 21.1. The highest BCUT2D eigenvalue weighted by atomic mass is 16.6. The van der Waals surface area contributed by atoms with E-state index in [1.807, 2.05) is 89.8 Å². The lowest BCUT2D eigenvalue weighted by Gasteiger charge is -2.37. The van der Waals surface area contributed by atoms with Gasteiger partial charge >= 0.3 is 11.9 Å². The molecular weight excluding hydrogens is 877 g/mol. The number of carbonyl (C=O) groups is 2. The van der Waals surface area contributed by atoms with Crippen LogP contribution in [0, 0.1) is 10.1 Å². The lowest BCUT2D eigenvalue weighted by molar-refractivity contribution is -0.384. The summed E-state index contributed by atoms with van der Waals surface area (Å²) in [5.74, 6) is 0.621. The van der Waals surface area contributed by atoms with Gasteiger partial charge in [0.15, 0.2) is 0 Å². The average Bonchev–Trinajstić information content (AvgIpc) is 3.37. The summed E-state index contributed by atoms with van der Waals surface area (Å²) in [5.41, 5.74) is 3.46. The molecule has 0 aromatic heterocycles. The summed E-state index contributed by atoms with van der Waals surface area (Å²) in [6.07, 6.45) is -0.610. The van der Waals surface area contributed by atoms with Crippen LogP contribution in [0.4, 0.5) is 34.1 Å². The highest BCUT2D eigenvalue weighted by Gasteiger charge is 2.38. The Balaban J connectivity index is 1.30. The summed E-state index contributed by atoms with van der Waals surface area (Å²) in [6.45, 7) is 0.617. The smallest absolute Gasteiger partial charge is 0.306 e. The first-order chi connectivity index (χ1) is 33.0. The largest absolute Gasteiger partial charge is 0.497 e. The molecule has 0 bridgehead atoms. The summed E-state index contributed by atoms with van der Waals surface area (Å²) < 4.78 is 40.6. The van der Waals surface area contributed by atoms with E-state index >= 15 is 0 Å². The maximum Gasteiger partial charge on any atom is 0.306 e. The van der Waals surface area contributed by atoms with Crippen LogP contribution < -0.4 is 28.6 Å². The maximum atomic E-state index is 12.5. The molecule has 0 fully saturated rings. The lowest BCUT2D eigenvalue weighted by Crippen LogP contribution is -2.37. The SMILES string of the molecule is COc1ccc(C(OCCN(CCOC(=O)CCC(=O)O)c2ccc(N=Nc3cc(OC)c(N=Nc4ccc([N+](=O)[O-])cc4)cc3OC)c(OC)c2)(c2ccccc2)c2ccc(OC)cc2)cc1. The first kappa shape index (κ1) is 49.1. The van der Waals surface area contributed by atoms with Crippen LogP contribution in [0.2, 0.25) is 0 Å².